The molecule has 1 heterocycles. The van der Waals surface area contributed by atoms with E-state index in [1.54, 1.807) is 0 Å². The minimum atomic E-state index is 0.0890. The molecule has 0 aromatic rings. The highest BCUT2D eigenvalue weighted by Crippen LogP contribution is 2.14. The predicted octanol–water partition coefficient (Wildman–Crippen LogP) is 2.19. The predicted molar refractivity (Wildman–Crippen MR) is 44.4 cm³/mol. The van der Waals surface area contributed by atoms with Gasteiger partial charge in [-0.15, -0.1) is 0 Å². The first-order valence-electron chi connectivity index (χ1n) is 4.56. The van der Waals surface area contributed by atoms with Crippen molar-refractivity contribution in [3.8, 4) is 0 Å². The first kappa shape index (κ1) is 9.01. The van der Waals surface area contributed by atoms with E-state index in [2.05, 4.69) is 13.8 Å². The van der Waals surface area contributed by atoms with Gasteiger partial charge in [0.1, 0.15) is 0 Å². The fourth-order valence-corrected chi connectivity index (χ4v) is 1.18. The van der Waals surface area contributed by atoms with Gasteiger partial charge >= 0.3 is 0 Å². The summed E-state index contributed by atoms with van der Waals surface area (Å²) in [7, 11) is 0. The summed E-state index contributed by atoms with van der Waals surface area (Å²) in [5, 5.41) is 0. The minimum absolute atomic E-state index is 0.0890. The Balaban J connectivity index is 2.07. The average molecular weight is 158 g/mol. The molecule has 0 N–H and O–H groups in total. The van der Waals surface area contributed by atoms with Gasteiger partial charge in [-0.1, -0.05) is 20.3 Å². The molecule has 0 bridgehead atoms. The zero-order valence-corrected chi connectivity index (χ0v) is 7.51. The van der Waals surface area contributed by atoms with Crippen molar-refractivity contribution >= 4 is 0 Å². The Bertz CT molecular complexity index is 93.0. The van der Waals surface area contributed by atoms with Gasteiger partial charge in [-0.3, -0.25) is 0 Å². The molecular weight excluding hydrogens is 140 g/mol. The third-order valence-electron chi connectivity index (χ3n) is 1.93. The fraction of sp³-hybridized carbons (Fsp3) is 1.00. The van der Waals surface area contributed by atoms with E-state index in [9.17, 15) is 0 Å². The van der Waals surface area contributed by atoms with Gasteiger partial charge in [0.05, 0.1) is 13.2 Å². The Labute approximate surface area is 68.9 Å². The lowest BCUT2D eigenvalue weighted by molar-refractivity contribution is -0.200. The number of ether oxygens (including phenoxy) is 2. The van der Waals surface area contributed by atoms with Crippen LogP contribution in [0.1, 0.15) is 33.1 Å². The second-order valence-electron chi connectivity index (χ2n) is 3.34. The molecule has 2 nitrogen and oxygen atoms in total. The number of hydrogen-bond donors (Lipinski definition) is 0. The van der Waals surface area contributed by atoms with Gasteiger partial charge in [0.25, 0.3) is 0 Å². The SMILES string of the molecule is CCCCC1OCC(C)CO1. The Hall–Kier alpha value is -0.0800. The van der Waals surface area contributed by atoms with Crippen molar-refractivity contribution in [1.29, 1.82) is 0 Å². The molecule has 11 heavy (non-hydrogen) atoms. The summed E-state index contributed by atoms with van der Waals surface area (Å²) in [6, 6.07) is 0. The molecule has 0 saturated carbocycles. The van der Waals surface area contributed by atoms with Crippen molar-refractivity contribution in [3.05, 3.63) is 0 Å². The van der Waals surface area contributed by atoms with Crippen LogP contribution in [-0.4, -0.2) is 19.5 Å². The molecule has 0 amide bonds. The Morgan fingerprint density at radius 1 is 1.27 bits per heavy atom. The molecular formula is C9H18O2. The van der Waals surface area contributed by atoms with E-state index in [0.717, 1.165) is 19.6 Å². The van der Waals surface area contributed by atoms with Crippen LogP contribution in [0.4, 0.5) is 0 Å². The minimum Gasteiger partial charge on any atom is -0.352 e. The zero-order valence-electron chi connectivity index (χ0n) is 7.51. The first-order valence-corrected chi connectivity index (χ1v) is 4.56. The van der Waals surface area contributed by atoms with Crippen LogP contribution in [0.25, 0.3) is 0 Å². The molecule has 1 fully saturated rings. The van der Waals surface area contributed by atoms with Gasteiger partial charge in [-0.2, -0.15) is 0 Å². The molecule has 1 saturated heterocycles. The summed E-state index contributed by atoms with van der Waals surface area (Å²) in [6.45, 7) is 6.07. The summed E-state index contributed by atoms with van der Waals surface area (Å²) >= 11 is 0. The van der Waals surface area contributed by atoms with Crippen LogP contribution in [0.3, 0.4) is 0 Å². The van der Waals surface area contributed by atoms with Gasteiger partial charge in [0.2, 0.25) is 0 Å². The van der Waals surface area contributed by atoms with Crippen LogP contribution in [-0.2, 0) is 9.47 Å². The lowest BCUT2D eigenvalue weighted by Crippen LogP contribution is -2.30. The molecule has 0 aromatic heterocycles. The molecule has 1 aliphatic heterocycles. The number of hydrogen-bond acceptors (Lipinski definition) is 2. The molecule has 0 aliphatic carbocycles. The lowest BCUT2D eigenvalue weighted by atomic mass is 10.2. The highest BCUT2D eigenvalue weighted by atomic mass is 16.7. The van der Waals surface area contributed by atoms with Crippen molar-refractivity contribution in [2.75, 3.05) is 13.2 Å². The fourth-order valence-electron chi connectivity index (χ4n) is 1.18. The summed E-state index contributed by atoms with van der Waals surface area (Å²) in [4.78, 5) is 0. The van der Waals surface area contributed by atoms with Gasteiger partial charge in [0, 0.05) is 5.92 Å². The van der Waals surface area contributed by atoms with Gasteiger partial charge in [-0.25, -0.2) is 0 Å². The molecule has 1 aliphatic rings. The van der Waals surface area contributed by atoms with E-state index in [0.29, 0.717) is 5.92 Å². The van der Waals surface area contributed by atoms with Gasteiger partial charge < -0.3 is 9.47 Å². The maximum absolute atomic E-state index is 5.47. The maximum Gasteiger partial charge on any atom is 0.157 e. The monoisotopic (exact) mass is 158 g/mol. The van der Waals surface area contributed by atoms with E-state index < -0.39 is 0 Å². The topological polar surface area (TPSA) is 18.5 Å². The number of unbranched alkanes of at least 4 members (excludes halogenated alkanes) is 1. The van der Waals surface area contributed by atoms with E-state index in [4.69, 9.17) is 9.47 Å². The van der Waals surface area contributed by atoms with Crippen molar-refractivity contribution in [2.24, 2.45) is 5.92 Å². The smallest absolute Gasteiger partial charge is 0.157 e. The van der Waals surface area contributed by atoms with Crippen LogP contribution < -0.4 is 0 Å². The summed E-state index contributed by atoms with van der Waals surface area (Å²) in [5.74, 6) is 0.577. The highest BCUT2D eigenvalue weighted by Gasteiger charge is 2.17. The molecule has 0 atom stereocenters. The Morgan fingerprint density at radius 2 is 1.91 bits per heavy atom. The van der Waals surface area contributed by atoms with E-state index >= 15 is 0 Å². The molecule has 0 unspecified atom stereocenters. The highest BCUT2D eigenvalue weighted by molar-refractivity contribution is 4.57. The Kier molecular flexibility index (Phi) is 3.87. The quantitative estimate of drug-likeness (QED) is 0.626. The first-order chi connectivity index (χ1) is 5.33. The van der Waals surface area contributed by atoms with Crippen LogP contribution in [0.5, 0.6) is 0 Å². The maximum atomic E-state index is 5.47. The third kappa shape index (κ3) is 3.21. The van der Waals surface area contributed by atoms with Gasteiger partial charge in [-0.05, 0) is 12.8 Å². The summed E-state index contributed by atoms with van der Waals surface area (Å²) in [6.07, 6.45) is 3.58. The van der Waals surface area contributed by atoms with E-state index in [1.165, 1.54) is 12.8 Å². The second-order valence-corrected chi connectivity index (χ2v) is 3.34. The van der Waals surface area contributed by atoms with Gasteiger partial charge in [0.15, 0.2) is 6.29 Å². The lowest BCUT2D eigenvalue weighted by Gasteiger charge is -2.27. The van der Waals surface area contributed by atoms with Crippen LogP contribution >= 0.6 is 0 Å². The molecule has 1 rings (SSSR count). The zero-order chi connectivity index (χ0) is 8.10. The Morgan fingerprint density at radius 3 is 2.45 bits per heavy atom. The van der Waals surface area contributed by atoms with Crippen molar-refractivity contribution in [2.45, 2.75) is 39.4 Å². The molecule has 2 heteroatoms. The van der Waals surface area contributed by atoms with Crippen LogP contribution in [0, 0.1) is 5.92 Å². The third-order valence-corrected chi connectivity index (χ3v) is 1.93. The summed E-state index contributed by atoms with van der Waals surface area (Å²) in [5.41, 5.74) is 0. The van der Waals surface area contributed by atoms with Crippen LogP contribution in [0.2, 0.25) is 0 Å². The number of rotatable bonds is 3. The molecule has 0 aromatic carbocycles. The van der Waals surface area contributed by atoms with Crippen molar-refractivity contribution in [1.82, 2.24) is 0 Å². The standard InChI is InChI=1S/C9H18O2/c1-3-4-5-9-10-6-8(2)7-11-9/h8-9H,3-7H2,1-2H3. The van der Waals surface area contributed by atoms with Crippen molar-refractivity contribution < 1.29 is 9.47 Å². The molecule has 0 radical (unpaired) electrons. The molecule has 0 spiro atoms. The van der Waals surface area contributed by atoms with E-state index in [1.807, 2.05) is 0 Å². The molecule has 66 valence electrons. The largest absolute Gasteiger partial charge is 0.352 e. The summed E-state index contributed by atoms with van der Waals surface area (Å²) < 4.78 is 10.9. The van der Waals surface area contributed by atoms with E-state index in [-0.39, 0.29) is 6.29 Å². The van der Waals surface area contributed by atoms with Crippen molar-refractivity contribution in [3.63, 3.8) is 0 Å². The average Bonchev–Trinajstić information content (AvgIpc) is 2.04. The normalized spacial score (nSPS) is 32.2. The van der Waals surface area contributed by atoms with Crippen LogP contribution in [0.15, 0.2) is 0 Å². The second kappa shape index (κ2) is 4.73.